The van der Waals surface area contributed by atoms with Crippen LogP contribution in [0.5, 0.6) is 0 Å². The quantitative estimate of drug-likeness (QED) is 0.794. The highest BCUT2D eigenvalue weighted by molar-refractivity contribution is 5.42. The molecule has 0 fully saturated rings. The predicted octanol–water partition coefficient (Wildman–Crippen LogP) is 1.19. The van der Waals surface area contributed by atoms with E-state index in [2.05, 4.69) is 4.98 Å². The molecule has 0 atom stereocenters. The van der Waals surface area contributed by atoms with Gasteiger partial charge in [0.25, 0.3) is 0 Å². The molecule has 0 saturated heterocycles. The van der Waals surface area contributed by atoms with E-state index in [9.17, 15) is 4.39 Å². The van der Waals surface area contributed by atoms with E-state index in [-0.39, 0.29) is 18.0 Å². The van der Waals surface area contributed by atoms with Gasteiger partial charge in [-0.1, -0.05) is 0 Å². The van der Waals surface area contributed by atoms with E-state index < -0.39 is 5.82 Å². The molecular formula is C11H17FN2O2. The molecule has 4 nitrogen and oxygen atoms in total. The third-order valence-corrected chi connectivity index (χ3v) is 2.37. The van der Waals surface area contributed by atoms with Crippen molar-refractivity contribution in [3.63, 3.8) is 0 Å². The summed E-state index contributed by atoms with van der Waals surface area (Å²) in [4.78, 5) is 5.77. The summed E-state index contributed by atoms with van der Waals surface area (Å²) in [7, 11) is 1.60. The number of halogens is 1. The van der Waals surface area contributed by atoms with E-state index in [1.807, 2.05) is 6.92 Å². The molecule has 1 rings (SSSR count). The first-order valence-corrected chi connectivity index (χ1v) is 5.22. The van der Waals surface area contributed by atoms with E-state index in [4.69, 9.17) is 9.84 Å². The molecule has 0 aliphatic rings. The van der Waals surface area contributed by atoms with Crippen molar-refractivity contribution in [3.8, 4) is 0 Å². The minimum atomic E-state index is -0.456. The lowest BCUT2D eigenvalue weighted by atomic mass is 10.2. The average molecular weight is 228 g/mol. The van der Waals surface area contributed by atoms with Crippen LogP contribution in [0.1, 0.15) is 12.5 Å². The fourth-order valence-electron chi connectivity index (χ4n) is 1.43. The molecule has 5 heteroatoms. The number of ether oxygens (including phenoxy) is 1. The maximum Gasteiger partial charge on any atom is 0.171 e. The van der Waals surface area contributed by atoms with Crippen molar-refractivity contribution >= 4 is 5.82 Å². The second kappa shape index (κ2) is 6.40. The van der Waals surface area contributed by atoms with Gasteiger partial charge in [-0.3, -0.25) is 0 Å². The molecular weight excluding hydrogens is 211 g/mol. The maximum atomic E-state index is 13.8. The Kier molecular flexibility index (Phi) is 5.14. The highest BCUT2D eigenvalue weighted by Gasteiger charge is 2.14. The molecule has 0 aliphatic heterocycles. The topological polar surface area (TPSA) is 45.6 Å². The van der Waals surface area contributed by atoms with Crippen LogP contribution in [0.3, 0.4) is 0 Å². The van der Waals surface area contributed by atoms with Crippen molar-refractivity contribution in [1.29, 1.82) is 0 Å². The fraction of sp³-hybridized carbons (Fsp3) is 0.545. The summed E-state index contributed by atoms with van der Waals surface area (Å²) in [5.41, 5.74) is 0.265. The SMILES string of the molecule is CCN(CCOC)c1nccc(CO)c1F. The average Bonchev–Trinajstić information content (AvgIpc) is 2.32. The van der Waals surface area contributed by atoms with Gasteiger partial charge in [-0.2, -0.15) is 0 Å². The van der Waals surface area contributed by atoms with E-state index in [0.717, 1.165) is 0 Å². The first kappa shape index (κ1) is 12.9. The summed E-state index contributed by atoms with van der Waals surface area (Å²) >= 11 is 0. The highest BCUT2D eigenvalue weighted by atomic mass is 19.1. The highest BCUT2D eigenvalue weighted by Crippen LogP contribution is 2.19. The second-order valence-corrected chi connectivity index (χ2v) is 3.34. The molecule has 16 heavy (non-hydrogen) atoms. The zero-order valence-electron chi connectivity index (χ0n) is 9.61. The Labute approximate surface area is 94.7 Å². The van der Waals surface area contributed by atoms with Crippen LogP contribution in [0.15, 0.2) is 12.3 Å². The van der Waals surface area contributed by atoms with Gasteiger partial charge in [0.05, 0.1) is 13.2 Å². The molecule has 0 saturated carbocycles. The molecule has 0 amide bonds. The number of hydrogen-bond donors (Lipinski definition) is 1. The summed E-state index contributed by atoms with van der Waals surface area (Å²) in [6.45, 7) is 3.33. The van der Waals surface area contributed by atoms with Crippen LogP contribution >= 0.6 is 0 Å². The van der Waals surface area contributed by atoms with Crippen molar-refractivity contribution in [3.05, 3.63) is 23.6 Å². The number of nitrogens with zero attached hydrogens (tertiary/aromatic N) is 2. The lowest BCUT2D eigenvalue weighted by Gasteiger charge is -2.22. The third kappa shape index (κ3) is 2.90. The standard InChI is InChI=1S/C11H17FN2O2/c1-3-14(6-7-16-2)11-10(12)9(8-15)4-5-13-11/h4-5,15H,3,6-8H2,1-2H3. The van der Waals surface area contributed by atoms with Gasteiger partial charge in [0.1, 0.15) is 0 Å². The molecule has 90 valence electrons. The lowest BCUT2D eigenvalue weighted by molar-refractivity contribution is 0.205. The van der Waals surface area contributed by atoms with Crippen LogP contribution in [-0.2, 0) is 11.3 Å². The largest absolute Gasteiger partial charge is 0.392 e. The molecule has 0 aromatic carbocycles. The molecule has 0 unspecified atom stereocenters. The summed E-state index contributed by atoms with van der Waals surface area (Å²) < 4.78 is 18.8. The Morgan fingerprint density at radius 2 is 2.31 bits per heavy atom. The van der Waals surface area contributed by atoms with Crippen molar-refractivity contribution in [2.45, 2.75) is 13.5 Å². The number of aliphatic hydroxyl groups is 1. The van der Waals surface area contributed by atoms with Crippen LogP contribution in [0, 0.1) is 5.82 Å². The lowest BCUT2D eigenvalue weighted by Crippen LogP contribution is -2.28. The molecule has 0 aliphatic carbocycles. The molecule has 0 spiro atoms. The number of hydrogen-bond acceptors (Lipinski definition) is 4. The summed E-state index contributed by atoms with van der Waals surface area (Å²) in [6, 6.07) is 1.48. The number of pyridine rings is 1. The molecule has 0 radical (unpaired) electrons. The van der Waals surface area contributed by atoms with E-state index >= 15 is 0 Å². The van der Waals surface area contributed by atoms with E-state index in [0.29, 0.717) is 19.7 Å². The zero-order valence-corrected chi connectivity index (χ0v) is 9.61. The normalized spacial score (nSPS) is 10.5. The minimum Gasteiger partial charge on any atom is -0.392 e. The van der Waals surface area contributed by atoms with E-state index in [1.165, 1.54) is 12.3 Å². The van der Waals surface area contributed by atoms with Gasteiger partial charge in [-0.05, 0) is 13.0 Å². The summed E-state index contributed by atoms with van der Waals surface area (Å²) in [5.74, 6) is -0.186. The van der Waals surface area contributed by atoms with Gasteiger partial charge >= 0.3 is 0 Å². The Balaban J connectivity index is 2.91. The van der Waals surface area contributed by atoms with Gasteiger partial charge < -0.3 is 14.7 Å². The monoisotopic (exact) mass is 228 g/mol. The molecule has 1 aromatic rings. The molecule has 0 bridgehead atoms. The molecule has 1 N–H and O–H groups in total. The van der Waals surface area contributed by atoms with Gasteiger partial charge in [-0.25, -0.2) is 9.37 Å². The van der Waals surface area contributed by atoms with Crippen LogP contribution in [0.25, 0.3) is 0 Å². The Hall–Kier alpha value is -1.20. The Morgan fingerprint density at radius 1 is 1.56 bits per heavy atom. The predicted molar refractivity (Wildman–Crippen MR) is 59.9 cm³/mol. The van der Waals surface area contributed by atoms with Gasteiger partial charge in [0.15, 0.2) is 11.6 Å². The first-order chi connectivity index (χ1) is 7.74. The number of aromatic nitrogens is 1. The Morgan fingerprint density at radius 3 is 2.88 bits per heavy atom. The van der Waals surface area contributed by atoms with Crippen LogP contribution in [0.4, 0.5) is 10.2 Å². The van der Waals surface area contributed by atoms with Gasteiger partial charge in [0, 0.05) is 32.0 Å². The zero-order chi connectivity index (χ0) is 12.0. The van der Waals surface area contributed by atoms with Crippen LogP contribution in [0.2, 0.25) is 0 Å². The van der Waals surface area contributed by atoms with Gasteiger partial charge in [0.2, 0.25) is 0 Å². The smallest absolute Gasteiger partial charge is 0.171 e. The summed E-state index contributed by atoms with van der Waals surface area (Å²) in [6.07, 6.45) is 1.50. The molecule has 1 heterocycles. The number of rotatable bonds is 6. The Bertz CT molecular complexity index is 334. The number of aliphatic hydroxyl groups excluding tert-OH is 1. The molecule has 1 aromatic heterocycles. The van der Waals surface area contributed by atoms with Crippen molar-refractivity contribution in [1.82, 2.24) is 4.98 Å². The fourth-order valence-corrected chi connectivity index (χ4v) is 1.43. The van der Waals surface area contributed by atoms with Crippen molar-refractivity contribution < 1.29 is 14.2 Å². The maximum absolute atomic E-state index is 13.8. The number of likely N-dealkylation sites (N-methyl/N-ethyl adjacent to an activating group) is 1. The van der Waals surface area contributed by atoms with Crippen molar-refractivity contribution in [2.24, 2.45) is 0 Å². The second-order valence-electron chi connectivity index (χ2n) is 3.34. The van der Waals surface area contributed by atoms with Crippen molar-refractivity contribution in [2.75, 3.05) is 31.7 Å². The van der Waals surface area contributed by atoms with E-state index in [1.54, 1.807) is 12.0 Å². The van der Waals surface area contributed by atoms with Crippen LogP contribution < -0.4 is 4.90 Å². The number of anilines is 1. The number of methoxy groups -OCH3 is 1. The van der Waals surface area contributed by atoms with Gasteiger partial charge in [-0.15, -0.1) is 0 Å². The van der Waals surface area contributed by atoms with Crippen LogP contribution in [-0.4, -0.2) is 36.9 Å². The first-order valence-electron chi connectivity index (χ1n) is 5.22. The third-order valence-electron chi connectivity index (χ3n) is 2.37. The minimum absolute atomic E-state index is 0.265. The summed E-state index contributed by atoms with van der Waals surface area (Å²) in [5, 5.41) is 8.96.